The van der Waals surface area contributed by atoms with E-state index in [0.717, 1.165) is 30.5 Å². The van der Waals surface area contributed by atoms with Gasteiger partial charge in [0.05, 0.1) is 18.3 Å². The van der Waals surface area contributed by atoms with Gasteiger partial charge >= 0.3 is 0 Å². The van der Waals surface area contributed by atoms with Crippen molar-refractivity contribution in [3.05, 3.63) is 29.6 Å². The Hall–Kier alpha value is -1.91. The second-order valence-electron chi connectivity index (χ2n) is 6.06. The van der Waals surface area contributed by atoms with Gasteiger partial charge in [0, 0.05) is 19.2 Å². The molecule has 0 bridgehead atoms. The first-order valence-corrected chi connectivity index (χ1v) is 7.63. The quantitative estimate of drug-likeness (QED) is 0.894. The molecular formula is C16H21N3O2. The number of carbonyl (C=O) groups excluding carboxylic acids is 2. The minimum absolute atomic E-state index is 0.0184. The number of nitrogens with one attached hydrogen (secondary N) is 1. The molecule has 112 valence electrons. The molecule has 1 N–H and O–H groups in total. The molecule has 1 saturated carbocycles. The molecule has 0 radical (unpaired) electrons. The maximum Gasteiger partial charge on any atom is 0.240 e. The molecule has 21 heavy (non-hydrogen) atoms. The average Bonchev–Trinajstić information content (AvgIpc) is 3.21. The van der Waals surface area contributed by atoms with Gasteiger partial charge in [-0.2, -0.15) is 0 Å². The molecule has 2 fully saturated rings. The van der Waals surface area contributed by atoms with Gasteiger partial charge in [0.15, 0.2) is 0 Å². The highest BCUT2D eigenvalue weighted by molar-refractivity contribution is 5.86. The monoisotopic (exact) mass is 287 g/mol. The van der Waals surface area contributed by atoms with Crippen LogP contribution in [0.15, 0.2) is 18.3 Å². The minimum Gasteiger partial charge on any atom is -0.346 e. The number of hydrogen-bond acceptors (Lipinski definition) is 3. The van der Waals surface area contributed by atoms with Crippen molar-refractivity contribution in [1.29, 1.82) is 0 Å². The van der Waals surface area contributed by atoms with Gasteiger partial charge in [-0.3, -0.25) is 14.6 Å². The summed E-state index contributed by atoms with van der Waals surface area (Å²) in [6.45, 7) is 2.90. The fourth-order valence-electron chi connectivity index (χ4n) is 2.86. The molecule has 1 aliphatic carbocycles. The molecule has 1 aliphatic heterocycles. The van der Waals surface area contributed by atoms with Gasteiger partial charge in [-0.15, -0.1) is 0 Å². The van der Waals surface area contributed by atoms with Gasteiger partial charge in [0.25, 0.3) is 0 Å². The van der Waals surface area contributed by atoms with Crippen LogP contribution in [0, 0.1) is 12.8 Å². The van der Waals surface area contributed by atoms with Crippen LogP contribution < -0.4 is 5.32 Å². The number of pyridine rings is 1. The third kappa shape index (κ3) is 3.40. The first kappa shape index (κ1) is 14.0. The summed E-state index contributed by atoms with van der Waals surface area (Å²) in [5.41, 5.74) is 2.08. The smallest absolute Gasteiger partial charge is 0.240 e. The molecule has 5 nitrogen and oxygen atoms in total. The summed E-state index contributed by atoms with van der Waals surface area (Å²) in [7, 11) is 0. The summed E-state index contributed by atoms with van der Waals surface area (Å²) >= 11 is 0. The highest BCUT2D eigenvalue weighted by atomic mass is 16.2. The largest absolute Gasteiger partial charge is 0.346 e. The summed E-state index contributed by atoms with van der Waals surface area (Å²) in [4.78, 5) is 29.9. The molecule has 1 aromatic heterocycles. The number of hydrogen-bond donors (Lipinski definition) is 1. The number of carbonyl (C=O) groups is 2. The zero-order valence-corrected chi connectivity index (χ0v) is 12.3. The molecule has 2 amide bonds. The van der Waals surface area contributed by atoms with E-state index in [0.29, 0.717) is 18.9 Å². The summed E-state index contributed by atoms with van der Waals surface area (Å²) in [5.74, 6) is 0.491. The Morgan fingerprint density at radius 2 is 2.33 bits per heavy atom. The molecule has 2 heterocycles. The SMILES string of the molecule is Cc1ccnc([C@H](NC(=O)CN2CCCC2=O)C2CC2)c1. The third-order valence-corrected chi connectivity index (χ3v) is 4.17. The van der Waals surface area contributed by atoms with E-state index < -0.39 is 0 Å². The Morgan fingerprint density at radius 3 is 2.95 bits per heavy atom. The Morgan fingerprint density at radius 1 is 1.52 bits per heavy atom. The summed E-state index contributed by atoms with van der Waals surface area (Å²) < 4.78 is 0. The first-order valence-electron chi connectivity index (χ1n) is 7.63. The van der Waals surface area contributed by atoms with Crippen molar-refractivity contribution in [1.82, 2.24) is 15.2 Å². The summed E-state index contributed by atoms with van der Waals surface area (Å²) in [5, 5.41) is 3.07. The lowest BCUT2D eigenvalue weighted by atomic mass is 10.1. The van der Waals surface area contributed by atoms with Gasteiger partial charge in [0.1, 0.15) is 0 Å². The lowest BCUT2D eigenvalue weighted by Crippen LogP contribution is -2.40. The van der Waals surface area contributed by atoms with Crippen molar-refractivity contribution in [2.24, 2.45) is 5.92 Å². The molecular weight excluding hydrogens is 266 g/mol. The van der Waals surface area contributed by atoms with Crippen LogP contribution in [0.3, 0.4) is 0 Å². The standard InChI is InChI=1S/C16H21N3O2/c1-11-6-7-17-13(9-11)16(12-4-5-12)18-14(20)10-19-8-2-3-15(19)21/h6-7,9,12,16H,2-5,8,10H2,1H3,(H,18,20)/t16-/m1/s1. The maximum atomic E-state index is 12.2. The van der Waals surface area contributed by atoms with Crippen LogP contribution in [0.1, 0.15) is 43.0 Å². The minimum atomic E-state index is -0.0783. The maximum absolute atomic E-state index is 12.2. The van der Waals surface area contributed by atoms with Crippen LogP contribution in [0.4, 0.5) is 0 Å². The number of nitrogens with zero attached hydrogens (tertiary/aromatic N) is 2. The van der Waals surface area contributed by atoms with Crippen LogP contribution in [0.5, 0.6) is 0 Å². The molecule has 5 heteroatoms. The van der Waals surface area contributed by atoms with Crippen LogP contribution in [-0.2, 0) is 9.59 Å². The van der Waals surface area contributed by atoms with Gasteiger partial charge in [-0.1, -0.05) is 0 Å². The Balaban J connectivity index is 1.65. The van der Waals surface area contributed by atoms with E-state index in [9.17, 15) is 9.59 Å². The fourth-order valence-corrected chi connectivity index (χ4v) is 2.86. The van der Waals surface area contributed by atoms with Gasteiger partial charge in [-0.25, -0.2) is 0 Å². The van der Waals surface area contributed by atoms with Crippen molar-refractivity contribution in [3.8, 4) is 0 Å². The van der Waals surface area contributed by atoms with Crippen LogP contribution in [0.2, 0.25) is 0 Å². The highest BCUT2D eigenvalue weighted by Crippen LogP contribution is 2.40. The van der Waals surface area contributed by atoms with Crippen LogP contribution in [0.25, 0.3) is 0 Å². The number of aryl methyl sites for hydroxylation is 1. The van der Waals surface area contributed by atoms with E-state index >= 15 is 0 Å². The molecule has 1 atom stereocenters. The molecule has 0 aromatic carbocycles. The van der Waals surface area contributed by atoms with Crippen molar-refractivity contribution < 1.29 is 9.59 Å². The van der Waals surface area contributed by atoms with Crippen LogP contribution in [-0.4, -0.2) is 34.8 Å². The molecule has 3 rings (SSSR count). The zero-order valence-electron chi connectivity index (χ0n) is 12.3. The normalized spacial score (nSPS) is 19.7. The zero-order chi connectivity index (χ0) is 14.8. The molecule has 0 spiro atoms. The fraction of sp³-hybridized carbons (Fsp3) is 0.562. The van der Waals surface area contributed by atoms with Crippen molar-refractivity contribution in [2.45, 2.75) is 38.6 Å². The van der Waals surface area contributed by atoms with Crippen molar-refractivity contribution >= 4 is 11.8 Å². The topological polar surface area (TPSA) is 62.3 Å². The molecule has 1 aromatic rings. The van der Waals surface area contributed by atoms with E-state index in [4.69, 9.17) is 0 Å². The number of amides is 2. The summed E-state index contributed by atoms with van der Waals surface area (Å²) in [6.07, 6.45) is 5.47. The number of aromatic nitrogens is 1. The lowest BCUT2D eigenvalue weighted by Gasteiger charge is -2.21. The lowest BCUT2D eigenvalue weighted by molar-refractivity contribution is -0.133. The number of likely N-dealkylation sites (tertiary alicyclic amines) is 1. The second-order valence-corrected chi connectivity index (χ2v) is 6.06. The van der Waals surface area contributed by atoms with Gasteiger partial charge in [-0.05, 0) is 49.8 Å². The summed E-state index contributed by atoms with van der Waals surface area (Å²) in [6, 6.07) is 3.97. The third-order valence-electron chi connectivity index (χ3n) is 4.17. The highest BCUT2D eigenvalue weighted by Gasteiger charge is 2.35. The van der Waals surface area contributed by atoms with Gasteiger partial charge < -0.3 is 10.2 Å². The van der Waals surface area contributed by atoms with E-state index in [2.05, 4.69) is 10.3 Å². The predicted molar refractivity (Wildman–Crippen MR) is 78.4 cm³/mol. The Bertz CT molecular complexity index is 554. The van der Waals surface area contributed by atoms with E-state index in [1.54, 1.807) is 11.1 Å². The first-order chi connectivity index (χ1) is 10.1. The van der Waals surface area contributed by atoms with Crippen LogP contribution >= 0.6 is 0 Å². The molecule has 0 unspecified atom stereocenters. The predicted octanol–water partition coefficient (Wildman–Crippen LogP) is 1.58. The van der Waals surface area contributed by atoms with Gasteiger partial charge in [0.2, 0.25) is 11.8 Å². The Kier molecular flexibility index (Phi) is 3.90. The molecule has 1 saturated heterocycles. The Labute approximate surface area is 124 Å². The van der Waals surface area contributed by atoms with Crippen molar-refractivity contribution in [3.63, 3.8) is 0 Å². The van der Waals surface area contributed by atoms with Crippen molar-refractivity contribution in [2.75, 3.05) is 13.1 Å². The van der Waals surface area contributed by atoms with E-state index in [1.165, 1.54) is 0 Å². The average molecular weight is 287 g/mol. The van der Waals surface area contributed by atoms with E-state index in [-0.39, 0.29) is 24.4 Å². The second kappa shape index (κ2) is 5.84. The molecule has 2 aliphatic rings. The van der Waals surface area contributed by atoms with E-state index in [1.807, 2.05) is 19.1 Å². The number of rotatable bonds is 5.